The van der Waals surface area contributed by atoms with Crippen molar-refractivity contribution in [1.29, 1.82) is 0 Å². The Kier molecular flexibility index (Phi) is 6.06. The van der Waals surface area contributed by atoms with Gasteiger partial charge in [0.15, 0.2) is 0 Å². The van der Waals surface area contributed by atoms with Crippen molar-refractivity contribution in [1.82, 2.24) is 4.90 Å². The molecule has 0 saturated carbocycles. The largest absolute Gasteiger partial charge is 0.345 e. The third kappa shape index (κ3) is 4.50. The summed E-state index contributed by atoms with van der Waals surface area (Å²) < 4.78 is 0.960. The van der Waals surface area contributed by atoms with Crippen molar-refractivity contribution in [2.24, 2.45) is 0 Å². The van der Waals surface area contributed by atoms with E-state index in [2.05, 4.69) is 33.0 Å². The summed E-state index contributed by atoms with van der Waals surface area (Å²) in [6.07, 6.45) is 1.78. The maximum absolute atomic E-state index is 12.8. The molecule has 0 spiro atoms. The smallest absolute Gasteiger partial charge is 0.293 e. The lowest BCUT2D eigenvalue weighted by Crippen LogP contribution is -2.27. The summed E-state index contributed by atoms with van der Waals surface area (Å²) in [6, 6.07) is 25.6. The number of amides is 2. The number of rotatable bonds is 5. The Morgan fingerprint density at radius 3 is 2.20 bits per heavy atom. The maximum atomic E-state index is 12.8. The molecule has 2 amide bonds. The van der Waals surface area contributed by atoms with Crippen LogP contribution in [-0.2, 0) is 11.3 Å². The average molecular weight is 479 g/mol. The van der Waals surface area contributed by atoms with E-state index in [-0.39, 0.29) is 17.7 Å². The van der Waals surface area contributed by atoms with Crippen LogP contribution in [0.15, 0.2) is 88.2 Å². The fraction of sp³-hybridized carbons (Fsp3) is 0.0833. The second-order valence-electron chi connectivity index (χ2n) is 6.88. The number of imide groups is 1. The number of carbonyl (C=O) groups is 2. The zero-order valence-electron chi connectivity index (χ0n) is 16.3. The van der Waals surface area contributed by atoms with Gasteiger partial charge in [0.05, 0.1) is 11.4 Å². The molecule has 1 aliphatic heterocycles. The van der Waals surface area contributed by atoms with E-state index in [0.717, 1.165) is 38.7 Å². The normalized spacial score (nSPS) is 15.1. The fourth-order valence-corrected chi connectivity index (χ4v) is 4.26. The minimum absolute atomic E-state index is 0.241. The third-order valence-electron chi connectivity index (χ3n) is 4.85. The third-order valence-corrected chi connectivity index (χ3v) is 6.29. The molecule has 3 aromatic rings. The van der Waals surface area contributed by atoms with Crippen LogP contribution in [0, 0.1) is 0 Å². The molecule has 1 fully saturated rings. The van der Waals surface area contributed by atoms with E-state index in [4.69, 9.17) is 0 Å². The molecule has 0 radical (unpaired) electrons. The number of anilines is 2. The van der Waals surface area contributed by atoms with Crippen LogP contribution in [0.1, 0.15) is 11.1 Å². The summed E-state index contributed by atoms with van der Waals surface area (Å²) in [7, 11) is 2.01. The van der Waals surface area contributed by atoms with Gasteiger partial charge in [-0.2, -0.15) is 0 Å². The molecule has 0 atom stereocenters. The number of carbonyl (C=O) groups excluding carboxylic acids is 2. The second kappa shape index (κ2) is 8.90. The highest BCUT2D eigenvalue weighted by Crippen LogP contribution is 2.34. The van der Waals surface area contributed by atoms with E-state index in [9.17, 15) is 9.59 Å². The van der Waals surface area contributed by atoms with E-state index in [1.807, 2.05) is 73.8 Å². The molecule has 0 bridgehead atoms. The molecule has 30 heavy (non-hydrogen) atoms. The Bertz CT molecular complexity index is 1100. The first-order valence-electron chi connectivity index (χ1n) is 9.40. The van der Waals surface area contributed by atoms with E-state index in [0.29, 0.717) is 4.91 Å². The second-order valence-corrected chi connectivity index (χ2v) is 8.79. The summed E-state index contributed by atoms with van der Waals surface area (Å²) in [5.41, 5.74) is 3.94. The molecule has 1 heterocycles. The van der Waals surface area contributed by atoms with Crippen molar-refractivity contribution in [3.05, 3.63) is 99.4 Å². The number of nitrogens with zero attached hydrogens (tertiary/aromatic N) is 2. The summed E-state index contributed by atoms with van der Waals surface area (Å²) in [5, 5.41) is -0.241. The minimum Gasteiger partial charge on any atom is -0.345 e. The van der Waals surface area contributed by atoms with E-state index < -0.39 is 0 Å². The molecule has 150 valence electrons. The van der Waals surface area contributed by atoms with Gasteiger partial charge in [0.1, 0.15) is 0 Å². The average Bonchev–Trinajstić information content (AvgIpc) is 3.03. The highest BCUT2D eigenvalue weighted by atomic mass is 79.9. The first-order chi connectivity index (χ1) is 14.5. The van der Waals surface area contributed by atoms with Crippen molar-refractivity contribution in [3.8, 4) is 0 Å². The maximum Gasteiger partial charge on any atom is 0.293 e. The van der Waals surface area contributed by atoms with E-state index >= 15 is 0 Å². The van der Waals surface area contributed by atoms with E-state index in [1.165, 1.54) is 4.90 Å². The summed E-state index contributed by atoms with van der Waals surface area (Å²) in [6.45, 7) is 0.274. The number of hydrogen-bond acceptors (Lipinski definition) is 4. The topological polar surface area (TPSA) is 40.6 Å². The zero-order valence-corrected chi connectivity index (χ0v) is 18.7. The molecule has 0 aliphatic carbocycles. The minimum atomic E-state index is -0.251. The van der Waals surface area contributed by atoms with Gasteiger partial charge >= 0.3 is 0 Å². The van der Waals surface area contributed by atoms with Crippen LogP contribution in [0.2, 0.25) is 0 Å². The first-order valence-corrected chi connectivity index (χ1v) is 11.0. The van der Waals surface area contributed by atoms with Crippen molar-refractivity contribution in [2.75, 3.05) is 11.9 Å². The van der Waals surface area contributed by atoms with Crippen LogP contribution < -0.4 is 4.90 Å². The SMILES string of the molecule is CN(c1ccccc1)c1ccc(/C=C2\SC(=O)N(Cc3ccc(Br)cc3)C2=O)cc1. The summed E-state index contributed by atoms with van der Waals surface area (Å²) >= 11 is 4.38. The van der Waals surface area contributed by atoms with Gasteiger partial charge in [-0.1, -0.05) is 58.4 Å². The molecule has 0 aromatic heterocycles. The quantitative estimate of drug-likeness (QED) is 0.394. The van der Waals surface area contributed by atoms with Gasteiger partial charge < -0.3 is 4.90 Å². The molecule has 3 aromatic carbocycles. The Balaban J connectivity index is 1.48. The van der Waals surface area contributed by atoms with Crippen LogP contribution in [0.25, 0.3) is 6.08 Å². The van der Waals surface area contributed by atoms with Gasteiger partial charge in [0.25, 0.3) is 11.1 Å². The highest BCUT2D eigenvalue weighted by molar-refractivity contribution is 9.10. The molecule has 4 nitrogen and oxygen atoms in total. The number of para-hydroxylation sites is 1. The van der Waals surface area contributed by atoms with Crippen LogP contribution >= 0.6 is 27.7 Å². The van der Waals surface area contributed by atoms with Gasteiger partial charge in [0.2, 0.25) is 0 Å². The van der Waals surface area contributed by atoms with Crippen molar-refractivity contribution in [3.63, 3.8) is 0 Å². The van der Waals surface area contributed by atoms with Crippen LogP contribution in [-0.4, -0.2) is 23.1 Å². The summed E-state index contributed by atoms with van der Waals surface area (Å²) in [4.78, 5) is 28.9. The Hall–Kier alpha value is -2.83. The molecular formula is C24H19BrN2O2S. The van der Waals surface area contributed by atoms with Crippen molar-refractivity contribution < 1.29 is 9.59 Å². The molecule has 4 rings (SSSR count). The zero-order chi connectivity index (χ0) is 21.1. The number of thioether (sulfide) groups is 1. The molecular weight excluding hydrogens is 460 g/mol. The lowest BCUT2D eigenvalue weighted by Gasteiger charge is -2.19. The Labute approximate surface area is 188 Å². The van der Waals surface area contributed by atoms with Crippen LogP contribution in [0.5, 0.6) is 0 Å². The predicted molar refractivity (Wildman–Crippen MR) is 127 cm³/mol. The summed E-state index contributed by atoms with van der Waals surface area (Å²) in [5.74, 6) is -0.251. The van der Waals surface area contributed by atoms with Crippen LogP contribution in [0.3, 0.4) is 0 Å². The lowest BCUT2D eigenvalue weighted by atomic mass is 10.1. The highest BCUT2D eigenvalue weighted by Gasteiger charge is 2.34. The van der Waals surface area contributed by atoms with Crippen molar-refractivity contribution >= 4 is 56.3 Å². The first kappa shape index (κ1) is 20.4. The molecule has 1 saturated heterocycles. The Morgan fingerprint density at radius 1 is 0.900 bits per heavy atom. The van der Waals surface area contributed by atoms with Crippen molar-refractivity contribution in [2.45, 2.75) is 6.54 Å². The van der Waals surface area contributed by atoms with Gasteiger partial charge in [-0.05, 0) is 65.4 Å². The fourth-order valence-electron chi connectivity index (χ4n) is 3.15. The monoisotopic (exact) mass is 478 g/mol. The number of benzene rings is 3. The predicted octanol–water partition coefficient (Wildman–Crippen LogP) is 6.45. The number of halogens is 1. The molecule has 0 unspecified atom stereocenters. The Morgan fingerprint density at radius 2 is 1.53 bits per heavy atom. The van der Waals surface area contributed by atoms with Gasteiger partial charge in [-0.25, -0.2) is 0 Å². The van der Waals surface area contributed by atoms with Gasteiger partial charge in [0, 0.05) is 22.9 Å². The van der Waals surface area contributed by atoms with E-state index in [1.54, 1.807) is 6.08 Å². The molecule has 1 aliphatic rings. The standard InChI is InChI=1S/C24H19BrN2O2S/c1-26(20-5-3-2-4-6-20)21-13-9-17(10-14-21)15-22-23(28)27(24(29)30-22)16-18-7-11-19(25)12-8-18/h2-15H,16H2,1H3/b22-15-. The van der Waals surface area contributed by atoms with Crippen LogP contribution in [0.4, 0.5) is 16.2 Å². The molecule has 6 heteroatoms. The van der Waals surface area contributed by atoms with Gasteiger partial charge in [-0.3, -0.25) is 14.5 Å². The number of hydrogen-bond donors (Lipinski definition) is 0. The lowest BCUT2D eigenvalue weighted by molar-refractivity contribution is -0.123. The van der Waals surface area contributed by atoms with Gasteiger partial charge in [-0.15, -0.1) is 0 Å². The molecule has 0 N–H and O–H groups in total.